The number of Topliss-reactive ketones (excluding diaryl/α,β-unsaturated/α-hetero) is 1. The van der Waals surface area contributed by atoms with Crippen LogP contribution in [0.25, 0.3) is 0 Å². The molecule has 1 aromatic heterocycles. The molecule has 6 heteroatoms. The smallest absolute Gasteiger partial charge is 0.237 e. The number of nitrogens with zero attached hydrogens (tertiary/aromatic N) is 1. The average Bonchev–Trinajstić information content (AvgIpc) is 3.08. The van der Waals surface area contributed by atoms with Gasteiger partial charge in [-0.2, -0.15) is 0 Å². The number of aromatic nitrogens is 1. The van der Waals surface area contributed by atoms with Gasteiger partial charge in [0, 0.05) is 36.7 Å². The van der Waals surface area contributed by atoms with Crippen molar-refractivity contribution < 1.29 is 14.0 Å². The second kappa shape index (κ2) is 9.94. The Morgan fingerprint density at radius 3 is 2.59 bits per heavy atom. The summed E-state index contributed by atoms with van der Waals surface area (Å²) in [6.45, 7) is 0.502. The third kappa shape index (κ3) is 4.73. The number of nitrogens with one attached hydrogen (secondary N) is 1. The third-order valence-corrected chi connectivity index (χ3v) is 10.1. The Morgan fingerprint density at radius 2 is 1.84 bits per heavy atom. The number of carbonyl (C=O) groups excluding carboxylic acids is 2. The minimum absolute atomic E-state index is 0.0863. The lowest BCUT2D eigenvalue weighted by Crippen LogP contribution is -2.60. The Morgan fingerprint density at radius 1 is 1.08 bits per heavy atom. The average molecular weight is 504 g/mol. The molecule has 0 aliphatic heterocycles. The molecule has 5 nitrogen and oxygen atoms in total. The molecule has 4 unspecified atom stereocenters. The number of ketones is 1. The van der Waals surface area contributed by atoms with E-state index in [1.54, 1.807) is 18.5 Å². The van der Waals surface area contributed by atoms with Crippen molar-refractivity contribution in [1.29, 1.82) is 0 Å². The number of carbonyl (C=O) groups is 2. The van der Waals surface area contributed by atoms with Crippen LogP contribution in [0.15, 0.2) is 42.7 Å². The number of rotatable bonds is 7. The summed E-state index contributed by atoms with van der Waals surface area (Å²) in [6, 6.07) is 8.40. The molecule has 5 aliphatic carbocycles. The number of amides is 1. The van der Waals surface area contributed by atoms with Gasteiger partial charge in [-0.1, -0.05) is 12.5 Å². The van der Waals surface area contributed by atoms with E-state index in [0.717, 1.165) is 68.9 Å². The number of fused-ring (bicyclic) bond motifs is 1. The Labute approximate surface area is 218 Å². The summed E-state index contributed by atoms with van der Waals surface area (Å²) in [5, 5.41) is 3.16. The second-order valence-electron chi connectivity index (χ2n) is 12.3. The van der Waals surface area contributed by atoms with E-state index >= 15 is 0 Å². The third-order valence-electron chi connectivity index (χ3n) is 10.1. The summed E-state index contributed by atoms with van der Waals surface area (Å²) in [4.78, 5) is 31.0. The van der Waals surface area contributed by atoms with Gasteiger partial charge in [-0.15, -0.1) is 0 Å². The lowest BCUT2D eigenvalue weighted by Gasteiger charge is -2.60. The number of aryl methyl sites for hydroxylation is 1. The summed E-state index contributed by atoms with van der Waals surface area (Å²) in [5.41, 5.74) is 9.70. The Bertz CT molecular complexity index is 1150. The molecule has 0 radical (unpaired) electrons. The minimum Gasteiger partial charge on any atom is -0.354 e. The van der Waals surface area contributed by atoms with Gasteiger partial charge in [-0.3, -0.25) is 14.6 Å². The minimum atomic E-state index is -0.555. The standard InChI is InChI=1S/C31H38FN3O2/c32-25-6-5-21-3-1-2-4-22(26(21)14-25)18-35-30(37)29(33)28-23-11-20-12-24(28)17-31(15-20,16-23)27(36)13-19-7-9-34-10-8-19/h5-10,14,20,22-24,28-29H,1-4,11-13,15-18,33H2,(H,35,37). The Balaban J connectivity index is 1.12. The summed E-state index contributed by atoms with van der Waals surface area (Å²) < 4.78 is 14.0. The molecule has 7 rings (SSSR count). The molecular weight excluding hydrogens is 465 g/mol. The molecule has 5 aliphatic rings. The maximum Gasteiger partial charge on any atom is 0.237 e. The summed E-state index contributed by atoms with van der Waals surface area (Å²) in [6.07, 6.45) is 13.0. The molecule has 4 bridgehead atoms. The van der Waals surface area contributed by atoms with Crippen LogP contribution in [-0.2, 0) is 22.4 Å². The summed E-state index contributed by atoms with van der Waals surface area (Å²) in [5.74, 6) is 1.56. The molecule has 4 atom stereocenters. The predicted octanol–water partition coefficient (Wildman–Crippen LogP) is 4.73. The van der Waals surface area contributed by atoms with Gasteiger partial charge in [0.15, 0.2) is 0 Å². The van der Waals surface area contributed by atoms with Gasteiger partial charge in [-0.25, -0.2) is 4.39 Å². The van der Waals surface area contributed by atoms with E-state index in [2.05, 4.69) is 10.3 Å². The monoisotopic (exact) mass is 503 g/mol. The topological polar surface area (TPSA) is 85.1 Å². The number of benzene rings is 1. The van der Waals surface area contributed by atoms with Crippen LogP contribution in [0.2, 0.25) is 0 Å². The zero-order valence-electron chi connectivity index (χ0n) is 21.5. The molecule has 0 spiro atoms. The molecule has 37 heavy (non-hydrogen) atoms. The molecule has 2 aromatic rings. The van der Waals surface area contributed by atoms with Crippen LogP contribution in [-0.4, -0.2) is 29.3 Å². The van der Waals surface area contributed by atoms with Crippen molar-refractivity contribution in [3.63, 3.8) is 0 Å². The van der Waals surface area contributed by atoms with E-state index in [0.29, 0.717) is 36.5 Å². The van der Waals surface area contributed by atoms with Crippen LogP contribution in [0, 0.1) is 34.9 Å². The predicted molar refractivity (Wildman–Crippen MR) is 140 cm³/mol. The maximum absolute atomic E-state index is 14.0. The van der Waals surface area contributed by atoms with Crippen molar-refractivity contribution in [3.8, 4) is 0 Å². The van der Waals surface area contributed by atoms with Gasteiger partial charge in [-0.05, 0) is 116 Å². The number of halogens is 1. The van der Waals surface area contributed by atoms with E-state index in [-0.39, 0.29) is 29.0 Å². The normalized spacial score (nSPS) is 32.9. The highest BCUT2D eigenvalue weighted by atomic mass is 19.1. The second-order valence-corrected chi connectivity index (χ2v) is 12.3. The van der Waals surface area contributed by atoms with Crippen molar-refractivity contribution in [2.24, 2.45) is 34.8 Å². The number of nitrogens with two attached hydrogens (primary N) is 1. The SMILES string of the molecule is NC(C(=O)NCC1CCCCc2ccc(F)cc21)C1C2CC3CC1CC(C(=O)Cc1ccncc1)(C3)C2. The van der Waals surface area contributed by atoms with Gasteiger partial charge in [0.25, 0.3) is 0 Å². The number of hydrogen-bond acceptors (Lipinski definition) is 4. The zero-order chi connectivity index (χ0) is 25.6. The highest BCUT2D eigenvalue weighted by molar-refractivity contribution is 5.87. The fraction of sp³-hybridized carbons (Fsp3) is 0.581. The van der Waals surface area contributed by atoms with Gasteiger partial charge in [0.1, 0.15) is 11.6 Å². The molecule has 1 heterocycles. The van der Waals surface area contributed by atoms with E-state index in [1.807, 2.05) is 18.2 Å². The highest BCUT2D eigenvalue weighted by Crippen LogP contribution is 2.63. The largest absolute Gasteiger partial charge is 0.354 e. The quantitative estimate of drug-likeness (QED) is 0.535. The first-order chi connectivity index (χ1) is 17.9. The lowest BCUT2D eigenvalue weighted by molar-refractivity contribution is -0.153. The fourth-order valence-corrected chi connectivity index (χ4v) is 8.63. The van der Waals surface area contributed by atoms with E-state index < -0.39 is 6.04 Å². The highest BCUT2D eigenvalue weighted by Gasteiger charge is 2.59. The van der Waals surface area contributed by atoms with Crippen LogP contribution in [0.5, 0.6) is 0 Å². The molecule has 1 amide bonds. The first kappa shape index (κ1) is 24.7. The van der Waals surface area contributed by atoms with Gasteiger partial charge < -0.3 is 11.1 Å². The van der Waals surface area contributed by atoms with Gasteiger partial charge in [0.2, 0.25) is 5.91 Å². The van der Waals surface area contributed by atoms with Gasteiger partial charge >= 0.3 is 0 Å². The maximum atomic E-state index is 14.0. The van der Waals surface area contributed by atoms with Crippen LogP contribution in [0.4, 0.5) is 4.39 Å². The molecule has 3 N–H and O–H groups in total. The lowest BCUT2D eigenvalue weighted by atomic mass is 9.44. The molecule has 196 valence electrons. The van der Waals surface area contributed by atoms with E-state index in [1.165, 1.54) is 11.6 Å². The van der Waals surface area contributed by atoms with Crippen molar-refractivity contribution in [2.45, 2.75) is 76.2 Å². The molecule has 4 fully saturated rings. The van der Waals surface area contributed by atoms with Crippen LogP contribution < -0.4 is 11.1 Å². The molecule has 1 aromatic carbocycles. The van der Waals surface area contributed by atoms with Crippen LogP contribution >= 0.6 is 0 Å². The number of hydrogen-bond donors (Lipinski definition) is 2. The van der Waals surface area contributed by atoms with Crippen LogP contribution in [0.1, 0.15) is 74.0 Å². The van der Waals surface area contributed by atoms with E-state index in [4.69, 9.17) is 5.73 Å². The number of pyridine rings is 1. The zero-order valence-corrected chi connectivity index (χ0v) is 21.5. The first-order valence-electron chi connectivity index (χ1n) is 14.2. The van der Waals surface area contributed by atoms with E-state index in [9.17, 15) is 14.0 Å². The molecule has 4 saturated carbocycles. The summed E-state index contributed by atoms with van der Waals surface area (Å²) in [7, 11) is 0. The van der Waals surface area contributed by atoms with Crippen molar-refractivity contribution in [3.05, 3.63) is 65.2 Å². The molecular formula is C31H38FN3O2. The van der Waals surface area contributed by atoms with Crippen molar-refractivity contribution >= 4 is 11.7 Å². The Kier molecular flexibility index (Phi) is 6.64. The van der Waals surface area contributed by atoms with Crippen molar-refractivity contribution in [1.82, 2.24) is 10.3 Å². The molecule has 0 saturated heterocycles. The fourth-order valence-electron chi connectivity index (χ4n) is 8.63. The first-order valence-corrected chi connectivity index (χ1v) is 14.2. The van der Waals surface area contributed by atoms with Crippen LogP contribution in [0.3, 0.4) is 0 Å². The van der Waals surface area contributed by atoms with Crippen molar-refractivity contribution in [2.75, 3.05) is 6.54 Å². The Hall–Kier alpha value is -2.60. The van der Waals surface area contributed by atoms with Gasteiger partial charge in [0.05, 0.1) is 6.04 Å². The summed E-state index contributed by atoms with van der Waals surface area (Å²) >= 11 is 0.